The summed E-state index contributed by atoms with van der Waals surface area (Å²) in [6.07, 6.45) is 6.32. The van der Waals surface area contributed by atoms with Gasteiger partial charge in [-0.05, 0) is 51.2 Å². The minimum absolute atomic E-state index is 0.0405. The number of fused-ring (bicyclic) bond motifs is 1. The molecule has 3 heteroatoms. The van der Waals surface area contributed by atoms with Crippen molar-refractivity contribution in [1.82, 2.24) is 4.90 Å². The van der Waals surface area contributed by atoms with Gasteiger partial charge in [-0.25, -0.2) is 0 Å². The number of nitrogens with zero attached hydrogens (tertiary/aromatic N) is 1. The van der Waals surface area contributed by atoms with Gasteiger partial charge in [0.05, 0.1) is 6.10 Å². The van der Waals surface area contributed by atoms with Crippen LogP contribution < -0.4 is 0 Å². The lowest BCUT2D eigenvalue weighted by atomic mass is 9.69. The molecule has 160 valence electrons. The molecule has 0 N–H and O–H groups in total. The Bertz CT molecular complexity index is 891. The molecule has 0 amide bonds. The number of benzene rings is 2. The summed E-state index contributed by atoms with van der Waals surface area (Å²) in [5.41, 5.74) is 3.91. The van der Waals surface area contributed by atoms with E-state index in [2.05, 4.69) is 109 Å². The summed E-state index contributed by atoms with van der Waals surface area (Å²) >= 11 is 3.80. The van der Waals surface area contributed by atoms with Gasteiger partial charge in [0.25, 0.3) is 0 Å². The molecule has 2 unspecified atom stereocenters. The van der Waals surface area contributed by atoms with Crippen molar-refractivity contribution in [3.05, 3.63) is 75.8 Å². The molecular formula is C27H34BrNO. The molecule has 2 fully saturated rings. The Morgan fingerprint density at radius 2 is 1.80 bits per heavy atom. The maximum atomic E-state index is 6.90. The fraction of sp³-hybridized carbons (Fsp3) is 0.481. The van der Waals surface area contributed by atoms with Crippen LogP contribution in [0.2, 0.25) is 0 Å². The van der Waals surface area contributed by atoms with Crippen molar-refractivity contribution >= 4 is 22.0 Å². The van der Waals surface area contributed by atoms with Crippen molar-refractivity contribution in [3.8, 4) is 0 Å². The van der Waals surface area contributed by atoms with Gasteiger partial charge >= 0.3 is 0 Å². The molecular weight excluding hydrogens is 434 g/mol. The predicted molar refractivity (Wildman–Crippen MR) is 129 cm³/mol. The number of halogens is 1. The second-order valence-corrected chi connectivity index (χ2v) is 10.6. The number of hydrogen-bond acceptors (Lipinski definition) is 2. The van der Waals surface area contributed by atoms with Crippen LogP contribution in [0.25, 0.3) is 6.08 Å². The first-order valence-electron chi connectivity index (χ1n) is 11.2. The summed E-state index contributed by atoms with van der Waals surface area (Å²) in [5.74, 6) is 1.31. The minimum Gasteiger partial charge on any atom is -0.355 e. The van der Waals surface area contributed by atoms with Gasteiger partial charge in [-0.3, -0.25) is 4.90 Å². The Hall–Kier alpha value is -1.42. The summed E-state index contributed by atoms with van der Waals surface area (Å²) in [5, 5.41) is 0. The zero-order valence-corrected chi connectivity index (χ0v) is 20.2. The molecule has 2 aromatic carbocycles. The van der Waals surface area contributed by atoms with Gasteiger partial charge < -0.3 is 4.74 Å². The summed E-state index contributed by atoms with van der Waals surface area (Å²) in [7, 11) is 0. The zero-order valence-electron chi connectivity index (χ0n) is 18.6. The Morgan fingerprint density at radius 1 is 1.10 bits per heavy atom. The second-order valence-electron chi connectivity index (χ2n) is 9.76. The van der Waals surface area contributed by atoms with E-state index in [4.69, 9.17) is 4.74 Å². The topological polar surface area (TPSA) is 12.5 Å². The summed E-state index contributed by atoms with van der Waals surface area (Å²) in [6.45, 7) is 10.4. The molecule has 1 saturated carbocycles. The highest BCUT2D eigenvalue weighted by molar-refractivity contribution is 9.10. The van der Waals surface area contributed by atoms with E-state index in [1.807, 2.05) is 0 Å². The van der Waals surface area contributed by atoms with Gasteiger partial charge in [-0.15, -0.1) is 0 Å². The molecule has 1 heterocycles. The van der Waals surface area contributed by atoms with Crippen molar-refractivity contribution in [1.29, 1.82) is 0 Å². The van der Waals surface area contributed by atoms with Crippen LogP contribution >= 0.6 is 15.9 Å². The molecule has 1 aliphatic heterocycles. The van der Waals surface area contributed by atoms with Crippen LogP contribution in [-0.4, -0.2) is 23.1 Å². The predicted octanol–water partition coefficient (Wildman–Crippen LogP) is 7.47. The minimum atomic E-state index is -0.0405. The normalized spacial score (nSPS) is 29.4. The van der Waals surface area contributed by atoms with E-state index < -0.39 is 0 Å². The van der Waals surface area contributed by atoms with Crippen LogP contribution in [0.5, 0.6) is 0 Å². The van der Waals surface area contributed by atoms with Gasteiger partial charge in [0, 0.05) is 28.0 Å². The van der Waals surface area contributed by atoms with Crippen molar-refractivity contribution < 1.29 is 4.74 Å². The van der Waals surface area contributed by atoms with Crippen molar-refractivity contribution in [2.24, 2.45) is 11.8 Å². The SMILES string of the molecule is C/C(=C\c1ccccc1)CN1[C@H](c2ccccc2Br)OC2C[C@H](C)CCC2C1(C)C. The third kappa shape index (κ3) is 4.44. The van der Waals surface area contributed by atoms with Gasteiger partial charge in [0.1, 0.15) is 6.23 Å². The van der Waals surface area contributed by atoms with Crippen molar-refractivity contribution in [2.45, 2.75) is 64.8 Å². The Morgan fingerprint density at radius 3 is 2.53 bits per heavy atom. The van der Waals surface area contributed by atoms with E-state index in [1.165, 1.54) is 36.0 Å². The molecule has 4 rings (SSSR count). The van der Waals surface area contributed by atoms with E-state index in [9.17, 15) is 0 Å². The second kappa shape index (κ2) is 8.98. The Balaban J connectivity index is 1.69. The highest BCUT2D eigenvalue weighted by atomic mass is 79.9. The molecule has 1 aliphatic carbocycles. The van der Waals surface area contributed by atoms with Crippen LogP contribution in [0, 0.1) is 11.8 Å². The maximum absolute atomic E-state index is 6.90. The van der Waals surface area contributed by atoms with E-state index in [1.54, 1.807) is 0 Å². The molecule has 0 aromatic heterocycles. The van der Waals surface area contributed by atoms with E-state index in [0.717, 1.165) is 16.9 Å². The van der Waals surface area contributed by atoms with Gasteiger partial charge in [0.15, 0.2) is 0 Å². The molecule has 30 heavy (non-hydrogen) atoms. The first-order chi connectivity index (χ1) is 14.4. The average Bonchev–Trinajstić information content (AvgIpc) is 2.71. The van der Waals surface area contributed by atoms with Crippen LogP contribution in [-0.2, 0) is 4.74 Å². The summed E-state index contributed by atoms with van der Waals surface area (Å²) < 4.78 is 8.02. The molecule has 2 nitrogen and oxygen atoms in total. The van der Waals surface area contributed by atoms with E-state index >= 15 is 0 Å². The van der Waals surface area contributed by atoms with Crippen molar-refractivity contribution in [3.63, 3.8) is 0 Å². The first kappa shape index (κ1) is 21.8. The number of hydrogen-bond donors (Lipinski definition) is 0. The van der Waals surface area contributed by atoms with E-state index in [-0.39, 0.29) is 11.8 Å². The lowest BCUT2D eigenvalue weighted by molar-refractivity contribution is -0.234. The van der Waals surface area contributed by atoms with Gasteiger partial charge in [-0.1, -0.05) is 89.5 Å². The van der Waals surface area contributed by atoms with Gasteiger partial charge in [0.2, 0.25) is 0 Å². The molecule has 2 aliphatic rings. The fourth-order valence-corrected chi connectivity index (χ4v) is 5.87. The largest absolute Gasteiger partial charge is 0.355 e. The highest BCUT2D eigenvalue weighted by Gasteiger charge is 2.51. The molecule has 4 atom stereocenters. The van der Waals surface area contributed by atoms with Gasteiger partial charge in [-0.2, -0.15) is 0 Å². The molecule has 0 radical (unpaired) electrons. The quantitative estimate of drug-likeness (QED) is 0.462. The molecule has 2 aromatic rings. The van der Waals surface area contributed by atoms with Crippen LogP contribution in [0.1, 0.15) is 64.3 Å². The smallest absolute Gasteiger partial charge is 0.138 e. The standard InChI is InChI=1S/C27H34BrNO/c1-19-14-15-23-25(17-19)30-26(22-12-8-9-13-24(22)28)29(27(23,3)4)18-20(2)16-21-10-6-5-7-11-21/h5-13,16,19,23,25-26H,14-15,17-18H2,1-4H3/b20-16+/t19-,23?,25?,26+/m1/s1. The molecule has 1 saturated heterocycles. The Labute approximate surface area is 190 Å². The van der Waals surface area contributed by atoms with E-state index in [0.29, 0.717) is 12.0 Å². The molecule has 0 spiro atoms. The van der Waals surface area contributed by atoms with Crippen LogP contribution in [0.4, 0.5) is 0 Å². The lowest BCUT2D eigenvalue weighted by Gasteiger charge is -2.57. The maximum Gasteiger partial charge on any atom is 0.138 e. The Kier molecular flexibility index (Phi) is 6.53. The third-order valence-corrected chi connectivity index (χ3v) is 7.81. The lowest BCUT2D eigenvalue weighted by Crippen LogP contribution is -2.61. The van der Waals surface area contributed by atoms with Crippen LogP contribution in [0.15, 0.2) is 64.6 Å². The first-order valence-corrected chi connectivity index (χ1v) is 12.0. The summed E-state index contributed by atoms with van der Waals surface area (Å²) in [6, 6.07) is 19.2. The zero-order chi connectivity index (χ0) is 21.3. The van der Waals surface area contributed by atoms with Crippen LogP contribution in [0.3, 0.4) is 0 Å². The average molecular weight is 468 g/mol. The monoisotopic (exact) mass is 467 g/mol. The van der Waals surface area contributed by atoms with Crippen molar-refractivity contribution in [2.75, 3.05) is 6.54 Å². The highest BCUT2D eigenvalue weighted by Crippen LogP contribution is 2.49. The fourth-order valence-electron chi connectivity index (χ4n) is 5.39. The summed E-state index contributed by atoms with van der Waals surface area (Å²) in [4.78, 5) is 2.60. The molecule has 0 bridgehead atoms. The third-order valence-electron chi connectivity index (χ3n) is 7.09. The number of rotatable bonds is 4. The number of ether oxygens (including phenoxy) is 1.